The van der Waals surface area contributed by atoms with E-state index in [0.717, 1.165) is 0 Å². The predicted octanol–water partition coefficient (Wildman–Crippen LogP) is -0.386. The molecule has 34 heavy (non-hydrogen) atoms. The Kier molecular flexibility index (Phi) is 6.86. The molecule has 4 rings (SSSR count). The number of nitrogens with zero attached hydrogens (tertiary/aromatic N) is 3. The van der Waals surface area contributed by atoms with Crippen LogP contribution in [0.5, 0.6) is 17.2 Å². The minimum absolute atomic E-state index is 0.0143. The number of anilines is 1. The Morgan fingerprint density at radius 2 is 1.94 bits per heavy atom. The Bertz CT molecular complexity index is 1200. The molecular formula is C18H22N5O10P. The molecule has 0 spiro atoms. The Labute approximate surface area is 191 Å². The second-order valence-electron chi connectivity index (χ2n) is 7.20. The molecular weight excluding hydrogens is 477 g/mol. The smallest absolute Gasteiger partial charge is 0.469 e. The van der Waals surface area contributed by atoms with E-state index in [9.17, 15) is 19.9 Å². The number of hydrogen-bond donors (Lipinski definition) is 7. The maximum Gasteiger partial charge on any atom is 0.469 e. The van der Waals surface area contributed by atoms with E-state index in [1.807, 2.05) is 0 Å². The van der Waals surface area contributed by atoms with Crippen molar-refractivity contribution in [2.24, 2.45) is 0 Å². The number of benzene rings is 1. The van der Waals surface area contributed by atoms with Crippen LogP contribution >= 0.6 is 7.82 Å². The van der Waals surface area contributed by atoms with E-state index in [1.54, 1.807) is 0 Å². The molecule has 3 aromatic rings. The number of hydrogen-bond acceptors (Lipinski definition) is 12. The average molecular weight is 499 g/mol. The molecule has 7 N–H and O–H groups in total. The number of aromatic hydroxyl groups is 1. The van der Waals surface area contributed by atoms with Crippen molar-refractivity contribution >= 4 is 24.8 Å². The van der Waals surface area contributed by atoms with Crippen molar-refractivity contribution in [1.82, 2.24) is 19.9 Å². The van der Waals surface area contributed by atoms with Crippen LogP contribution in [0.1, 0.15) is 5.56 Å². The molecule has 4 atom stereocenters. The van der Waals surface area contributed by atoms with Gasteiger partial charge in [-0.1, -0.05) is 0 Å². The molecule has 0 bridgehead atoms. The lowest BCUT2D eigenvalue weighted by atomic mass is 10.1. The summed E-state index contributed by atoms with van der Waals surface area (Å²) in [6, 6.07) is 2.89. The number of phosphoric ester groups is 1. The molecule has 1 aliphatic heterocycles. The SMILES string of the molecule is COc1ccc(OC2O[C@H](COP(=O)(O)O)[C@@H](O)[C@H]2O)c(CNc2ncnc3nc[nH]c23)c1O. The number of aliphatic hydroxyl groups is 2. The van der Waals surface area contributed by atoms with Crippen molar-refractivity contribution in [2.75, 3.05) is 19.0 Å². The predicted molar refractivity (Wildman–Crippen MR) is 113 cm³/mol. The molecule has 184 valence electrons. The standard InChI is InChI=1S/C18H22N5O10P/c1-30-10-3-2-9(32-18-15(26)14(25)11(33-18)5-31-34(27,28)29)8(13(10)24)4-19-16-12-17(21-6-20-12)23-7-22-16/h2-3,6-7,11,14-15,18,24-26H,4-5H2,1H3,(H2,27,28,29)(H2,19,20,21,22,23)/t11-,14-,15-,18?/m1/s1. The number of H-pyrrole nitrogens is 1. The lowest BCUT2D eigenvalue weighted by Crippen LogP contribution is -2.36. The van der Waals surface area contributed by atoms with Gasteiger partial charge in [0.25, 0.3) is 0 Å². The fraction of sp³-hybridized carbons (Fsp3) is 0.389. The molecule has 1 unspecified atom stereocenters. The van der Waals surface area contributed by atoms with E-state index < -0.39 is 39.0 Å². The third-order valence-corrected chi connectivity index (χ3v) is 5.53. The minimum atomic E-state index is -4.81. The van der Waals surface area contributed by atoms with Crippen LogP contribution in [0.2, 0.25) is 0 Å². The van der Waals surface area contributed by atoms with Crippen LogP contribution in [0.4, 0.5) is 5.82 Å². The second kappa shape index (κ2) is 9.68. The summed E-state index contributed by atoms with van der Waals surface area (Å²) in [6.07, 6.45) is -3.03. The molecule has 0 saturated carbocycles. The Balaban J connectivity index is 1.54. The number of aromatic nitrogens is 4. The van der Waals surface area contributed by atoms with Crippen molar-refractivity contribution < 1.29 is 48.4 Å². The molecule has 15 nitrogen and oxygen atoms in total. The number of methoxy groups -OCH3 is 1. The maximum atomic E-state index is 10.9. The molecule has 3 heterocycles. The number of ether oxygens (including phenoxy) is 3. The van der Waals surface area contributed by atoms with Gasteiger partial charge < -0.3 is 49.6 Å². The van der Waals surface area contributed by atoms with Crippen LogP contribution in [0.3, 0.4) is 0 Å². The van der Waals surface area contributed by atoms with E-state index in [-0.39, 0.29) is 29.4 Å². The first-order chi connectivity index (χ1) is 16.2. The van der Waals surface area contributed by atoms with Crippen molar-refractivity contribution in [3.05, 3.63) is 30.4 Å². The summed E-state index contributed by atoms with van der Waals surface area (Å²) < 4.78 is 31.5. The fourth-order valence-electron chi connectivity index (χ4n) is 3.36. The lowest BCUT2D eigenvalue weighted by molar-refractivity contribution is -0.116. The quantitative estimate of drug-likeness (QED) is 0.186. The molecule has 1 fully saturated rings. The highest BCUT2D eigenvalue weighted by molar-refractivity contribution is 7.46. The number of aromatic amines is 1. The van der Waals surface area contributed by atoms with Crippen LogP contribution in [0, 0.1) is 0 Å². The lowest BCUT2D eigenvalue weighted by Gasteiger charge is -2.21. The fourth-order valence-corrected chi connectivity index (χ4v) is 3.70. The first-order valence-corrected chi connectivity index (χ1v) is 11.4. The van der Waals surface area contributed by atoms with Gasteiger partial charge in [0.15, 0.2) is 23.0 Å². The van der Waals surface area contributed by atoms with E-state index in [4.69, 9.17) is 24.0 Å². The topological polar surface area (TPSA) is 222 Å². The summed E-state index contributed by atoms with van der Waals surface area (Å²) in [4.78, 5) is 32.8. The van der Waals surface area contributed by atoms with Gasteiger partial charge in [-0.25, -0.2) is 19.5 Å². The summed E-state index contributed by atoms with van der Waals surface area (Å²) in [7, 11) is -3.44. The highest BCUT2D eigenvalue weighted by atomic mass is 31.2. The molecule has 16 heteroatoms. The number of phosphoric acid groups is 1. The largest absolute Gasteiger partial charge is 0.504 e. The van der Waals surface area contributed by atoms with Gasteiger partial charge in [-0.05, 0) is 12.1 Å². The number of nitrogens with one attached hydrogen (secondary N) is 2. The zero-order chi connectivity index (χ0) is 24.5. The van der Waals surface area contributed by atoms with Crippen molar-refractivity contribution in [3.8, 4) is 17.2 Å². The average Bonchev–Trinajstić information content (AvgIpc) is 3.38. The summed E-state index contributed by atoms with van der Waals surface area (Å²) in [5.74, 6) is 0.377. The Hall–Kier alpha value is -3.04. The molecule has 2 aromatic heterocycles. The van der Waals surface area contributed by atoms with E-state index in [1.165, 1.54) is 31.9 Å². The second-order valence-corrected chi connectivity index (χ2v) is 8.44. The third kappa shape index (κ3) is 5.05. The zero-order valence-electron chi connectivity index (χ0n) is 17.6. The van der Waals surface area contributed by atoms with Crippen LogP contribution in [-0.4, -0.2) is 83.4 Å². The summed E-state index contributed by atoms with van der Waals surface area (Å²) in [5, 5.41) is 34.2. The normalized spacial score (nSPS) is 22.7. The molecule has 0 amide bonds. The summed E-state index contributed by atoms with van der Waals surface area (Å²) in [5.41, 5.74) is 1.19. The van der Waals surface area contributed by atoms with E-state index >= 15 is 0 Å². The van der Waals surface area contributed by atoms with E-state index in [2.05, 4.69) is 29.8 Å². The van der Waals surface area contributed by atoms with Crippen molar-refractivity contribution in [1.29, 1.82) is 0 Å². The van der Waals surface area contributed by atoms with Gasteiger partial charge in [-0.2, -0.15) is 0 Å². The minimum Gasteiger partial charge on any atom is -0.504 e. The monoisotopic (exact) mass is 499 g/mol. The van der Waals surface area contributed by atoms with Gasteiger partial charge in [0, 0.05) is 6.54 Å². The number of phenolic OH excluding ortho intramolecular Hbond substituents is 1. The van der Waals surface area contributed by atoms with Crippen LogP contribution in [0.25, 0.3) is 11.2 Å². The third-order valence-electron chi connectivity index (χ3n) is 5.05. The van der Waals surface area contributed by atoms with Gasteiger partial charge in [0.1, 0.15) is 35.9 Å². The first kappa shape index (κ1) is 24.1. The summed E-state index contributed by atoms with van der Waals surface area (Å²) >= 11 is 0. The molecule has 0 aliphatic carbocycles. The van der Waals surface area contributed by atoms with Gasteiger partial charge in [-0.15, -0.1) is 0 Å². The Morgan fingerprint density at radius 1 is 1.18 bits per heavy atom. The van der Waals surface area contributed by atoms with Crippen LogP contribution in [0.15, 0.2) is 24.8 Å². The number of imidazole rings is 1. The molecule has 1 saturated heterocycles. The van der Waals surface area contributed by atoms with Crippen molar-refractivity contribution in [3.63, 3.8) is 0 Å². The number of fused-ring (bicyclic) bond motifs is 1. The van der Waals surface area contributed by atoms with Gasteiger partial charge in [0.05, 0.1) is 25.6 Å². The summed E-state index contributed by atoms with van der Waals surface area (Å²) in [6.45, 7) is -0.696. The van der Waals surface area contributed by atoms with Crippen molar-refractivity contribution in [2.45, 2.75) is 31.1 Å². The Morgan fingerprint density at radius 3 is 2.68 bits per heavy atom. The number of phenols is 1. The maximum absolute atomic E-state index is 10.9. The van der Waals surface area contributed by atoms with Gasteiger partial charge in [0.2, 0.25) is 6.29 Å². The molecule has 1 aromatic carbocycles. The highest BCUT2D eigenvalue weighted by Gasteiger charge is 2.45. The van der Waals surface area contributed by atoms with E-state index in [0.29, 0.717) is 17.0 Å². The van der Waals surface area contributed by atoms with Gasteiger partial charge >= 0.3 is 7.82 Å². The van der Waals surface area contributed by atoms with Gasteiger partial charge in [-0.3, -0.25) is 4.52 Å². The zero-order valence-corrected chi connectivity index (χ0v) is 18.5. The van der Waals surface area contributed by atoms with Crippen LogP contribution < -0.4 is 14.8 Å². The van der Waals surface area contributed by atoms with Crippen LogP contribution in [-0.2, 0) is 20.4 Å². The highest BCUT2D eigenvalue weighted by Crippen LogP contribution is 2.40. The molecule has 0 radical (unpaired) electrons. The number of rotatable bonds is 9. The molecule has 1 aliphatic rings. The first-order valence-electron chi connectivity index (χ1n) is 9.83. The number of aliphatic hydroxyl groups excluding tert-OH is 2.